The van der Waals surface area contributed by atoms with Crippen LogP contribution >= 0.6 is 11.6 Å². The summed E-state index contributed by atoms with van der Waals surface area (Å²) in [5.74, 6) is 6.37. The summed E-state index contributed by atoms with van der Waals surface area (Å²) in [7, 11) is 0. The summed E-state index contributed by atoms with van der Waals surface area (Å²) in [6.07, 6.45) is 2.36. The van der Waals surface area contributed by atoms with Crippen LogP contribution < -0.4 is 0 Å². The molecule has 1 nitrogen and oxygen atoms in total. The predicted octanol–water partition coefficient (Wildman–Crippen LogP) is 3.81. The van der Waals surface area contributed by atoms with Crippen LogP contribution in [0.25, 0.3) is 0 Å². The van der Waals surface area contributed by atoms with E-state index in [2.05, 4.69) is 30.6 Å². The van der Waals surface area contributed by atoms with Crippen LogP contribution in [0, 0.1) is 11.8 Å². The zero-order valence-corrected chi connectivity index (χ0v) is 11.4. The molecular weight excluding hydrogens is 230 g/mol. The quantitative estimate of drug-likeness (QED) is 0.718. The largest absolute Gasteiger partial charge is 0.292 e. The minimum Gasteiger partial charge on any atom is -0.292 e. The van der Waals surface area contributed by atoms with E-state index < -0.39 is 0 Å². The maximum atomic E-state index is 5.91. The minimum absolute atomic E-state index is 0.746. The van der Waals surface area contributed by atoms with E-state index in [1.807, 2.05) is 24.3 Å². The van der Waals surface area contributed by atoms with Crippen molar-refractivity contribution in [2.75, 3.05) is 19.6 Å². The van der Waals surface area contributed by atoms with Crippen LogP contribution in [0.2, 0.25) is 5.02 Å². The van der Waals surface area contributed by atoms with Crippen LogP contribution in [-0.4, -0.2) is 24.5 Å². The maximum absolute atomic E-state index is 5.91. The lowest BCUT2D eigenvalue weighted by molar-refractivity contribution is 0.308. The molecule has 0 heterocycles. The van der Waals surface area contributed by atoms with Crippen molar-refractivity contribution in [2.45, 2.75) is 26.7 Å². The zero-order valence-electron chi connectivity index (χ0n) is 10.7. The van der Waals surface area contributed by atoms with Gasteiger partial charge >= 0.3 is 0 Å². The molecular formula is C15H20ClN. The van der Waals surface area contributed by atoms with Gasteiger partial charge in [0.15, 0.2) is 0 Å². The van der Waals surface area contributed by atoms with Crippen molar-refractivity contribution in [3.63, 3.8) is 0 Å². The van der Waals surface area contributed by atoms with E-state index in [0.29, 0.717) is 0 Å². The van der Waals surface area contributed by atoms with Gasteiger partial charge in [-0.2, -0.15) is 0 Å². The predicted molar refractivity (Wildman–Crippen MR) is 75.4 cm³/mol. The lowest BCUT2D eigenvalue weighted by Gasteiger charge is -2.17. The van der Waals surface area contributed by atoms with Gasteiger partial charge in [0.1, 0.15) is 0 Å². The summed E-state index contributed by atoms with van der Waals surface area (Å²) < 4.78 is 0. The second-order valence-corrected chi connectivity index (χ2v) is 4.52. The zero-order chi connectivity index (χ0) is 12.5. The molecule has 0 saturated heterocycles. The monoisotopic (exact) mass is 249 g/mol. The molecule has 92 valence electrons. The van der Waals surface area contributed by atoms with Gasteiger partial charge in [0.2, 0.25) is 0 Å². The highest BCUT2D eigenvalue weighted by Gasteiger charge is 1.98. The standard InChI is InChI=1S/C15H20ClN/c1-3-10-17(11-4-2)12-6-8-14-7-5-9-15(16)13-14/h5,7,9,13H,3-4,10-12H2,1-2H3. The molecule has 0 fully saturated rings. The van der Waals surface area contributed by atoms with Crippen molar-refractivity contribution in [1.29, 1.82) is 0 Å². The highest BCUT2D eigenvalue weighted by Crippen LogP contribution is 2.09. The molecule has 1 aromatic rings. The first-order valence-electron chi connectivity index (χ1n) is 6.23. The summed E-state index contributed by atoms with van der Waals surface area (Å²) in [6, 6.07) is 7.69. The molecule has 0 amide bonds. The third-order valence-corrected chi connectivity index (χ3v) is 2.67. The molecule has 0 N–H and O–H groups in total. The Morgan fingerprint density at radius 1 is 1.18 bits per heavy atom. The summed E-state index contributed by atoms with van der Waals surface area (Å²) in [5.41, 5.74) is 0.991. The van der Waals surface area contributed by atoms with Crippen LogP contribution in [0.15, 0.2) is 24.3 Å². The van der Waals surface area contributed by atoms with E-state index in [9.17, 15) is 0 Å². The molecule has 1 aromatic carbocycles. The van der Waals surface area contributed by atoms with Crippen LogP contribution in [0.4, 0.5) is 0 Å². The third-order valence-electron chi connectivity index (χ3n) is 2.44. The minimum atomic E-state index is 0.746. The summed E-state index contributed by atoms with van der Waals surface area (Å²) >= 11 is 5.91. The van der Waals surface area contributed by atoms with Crippen molar-refractivity contribution in [1.82, 2.24) is 4.90 Å². The fraction of sp³-hybridized carbons (Fsp3) is 0.467. The van der Waals surface area contributed by atoms with Gasteiger partial charge in [0.25, 0.3) is 0 Å². The number of nitrogens with zero attached hydrogens (tertiary/aromatic N) is 1. The van der Waals surface area contributed by atoms with Gasteiger partial charge in [0.05, 0.1) is 6.54 Å². The Morgan fingerprint density at radius 3 is 2.47 bits per heavy atom. The van der Waals surface area contributed by atoms with E-state index in [4.69, 9.17) is 11.6 Å². The molecule has 17 heavy (non-hydrogen) atoms. The van der Waals surface area contributed by atoms with Crippen molar-refractivity contribution in [2.24, 2.45) is 0 Å². The Kier molecular flexibility index (Phi) is 6.77. The van der Waals surface area contributed by atoms with Gasteiger partial charge in [-0.25, -0.2) is 0 Å². The first-order chi connectivity index (χ1) is 8.26. The molecule has 0 aromatic heterocycles. The number of benzene rings is 1. The third kappa shape index (κ3) is 5.77. The van der Waals surface area contributed by atoms with Crippen LogP contribution in [0.5, 0.6) is 0 Å². The summed E-state index contributed by atoms with van der Waals surface area (Å²) in [6.45, 7) is 7.49. The molecule has 0 saturated carbocycles. The normalized spacial score (nSPS) is 10.1. The maximum Gasteiger partial charge on any atom is 0.0605 e. The second-order valence-electron chi connectivity index (χ2n) is 4.09. The molecule has 0 aliphatic carbocycles. The van der Waals surface area contributed by atoms with Gasteiger partial charge in [-0.1, -0.05) is 43.4 Å². The molecule has 0 radical (unpaired) electrons. The van der Waals surface area contributed by atoms with E-state index in [-0.39, 0.29) is 0 Å². The van der Waals surface area contributed by atoms with E-state index in [1.54, 1.807) is 0 Å². The number of rotatable bonds is 5. The fourth-order valence-corrected chi connectivity index (χ4v) is 1.91. The van der Waals surface area contributed by atoms with Crippen LogP contribution in [0.3, 0.4) is 0 Å². The van der Waals surface area contributed by atoms with Crippen molar-refractivity contribution >= 4 is 11.6 Å². The van der Waals surface area contributed by atoms with Gasteiger partial charge in [0, 0.05) is 10.6 Å². The lowest BCUT2D eigenvalue weighted by Crippen LogP contribution is -2.25. The number of hydrogen-bond acceptors (Lipinski definition) is 1. The Bertz CT molecular complexity index is 383. The molecule has 2 heteroatoms. The topological polar surface area (TPSA) is 3.24 Å². The van der Waals surface area contributed by atoms with E-state index in [1.165, 1.54) is 12.8 Å². The summed E-state index contributed by atoms with van der Waals surface area (Å²) in [5, 5.41) is 0.746. The number of halogens is 1. The average Bonchev–Trinajstić information content (AvgIpc) is 2.30. The molecule has 0 unspecified atom stereocenters. The first kappa shape index (κ1) is 14.1. The van der Waals surface area contributed by atoms with Gasteiger partial charge in [-0.3, -0.25) is 4.90 Å². The highest BCUT2D eigenvalue weighted by molar-refractivity contribution is 6.30. The van der Waals surface area contributed by atoms with Gasteiger partial charge in [-0.05, 0) is 44.1 Å². The van der Waals surface area contributed by atoms with Crippen molar-refractivity contribution in [3.05, 3.63) is 34.9 Å². The SMILES string of the molecule is CCCN(CC#Cc1cccc(Cl)c1)CCC. The molecule has 0 aliphatic heterocycles. The Morgan fingerprint density at radius 2 is 1.88 bits per heavy atom. The van der Waals surface area contributed by atoms with Crippen LogP contribution in [-0.2, 0) is 0 Å². The Labute approximate surface area is 110 Å². The molecule has 0 aliphatic rings. The van der Waals surface area contributed by atoms with Crippen LogP contribution in [0.1, 0.15) is 32.3 Å². The Hall–Kier alpha value is -0.970. The molecule has 1 rings (SSSR count). The second kappa shape index (κ2) is 8.17. The van der Waals surface area contributed by atoms with E-state index >= 15 is 0 Å². The summed E-state index contributed by atoms with van der Waals surface area (Å²) in [4.78, 5) is 2.39. The van der Waals surface area contributed by atoms with E-state index in [0.717, 1.165) is 30.2 Å². The Balaban J connectivity index is 2.53. The molecule has 0 atom stereocenters. The van der Waals surface area contributed by atoms with Gasteiger partial charge in [-0.15, -0.1) is 0 Å². The molecule has 0 bridgehead atoms. The average molecular weight is 250 g/mol. The first-order valence-corrected chi connectivity index (χ1v) is 6.60. The lowest BCUT2D eigenvalue weighted by atomic mass is 10.2. The highest BCUT2D eigenvalue weighted by atomic mass is 35.5. The van der Waals surface area contributed by atoms with Crippen molar-refractivity contribution in [3.8, 4) is 11.8 Å². The number of hydrogen-bond donors (Lipinski definition) is 0. The fourth-order valence-electron chi connectivity index (χ4n) is 1.72. The molecule has 0 spiro atoms. The smallest absolute Gasteiger partial charge is 0.0605 e. The van der Waals surface area contributed by atoms with Gasteiger partial charge < -0.3 is 0 Å². The van der Waals surface area contributed by atoms with Crippen molar-refractivity contribution < 1.29 is 0 Å².